The highest BCUT2D eigenvalue weighted by atomic mass is 16.2. The van der Waals surface area contributed by atoms with E-state index in [4.69, 9.17) is 5.73 Å². The topological polar surface area (TPSA) is 84.2 Å². The molecule has 5 nitrogen and oxygen atoms in total. The van der Waals surface area contributed by atoms with Crippen LogP contribution in [0.3, 0.4) is 0 Å². The van der Waals surface area contributed by atoms with Crippen LogP contribution >= 0.6 is 0 Å². The summed E-state index contributed by atoms with van der Waals surface area (Å²) in [6.45, 7) is 9.90. The molecular formula is C15H31N3O2. The smallest absolute Gasteiger partial charge is 0.242 e. The minimum Gasteiger partial charge on any atom is -0.352 e. The SMILES string of the molecule is CCCC(CN)(CCC)C(=O)NC(C)C(=O)NC(C)C. The molecule has 0 aliphatic heterocycles. The highest BCUT2D eigenvalue weighted by molar-refractivity contribution is 5.90. The second kappa shape index (κ2) is 8.95. The van der Waals surface area contributed by atoms with Crippen molar-refractivity contribution in [3.63, 3.8) is 0 Å². The molecule has 20 heavy (non-hydrogen) atoms. The molecule has 0 saturated heterocycles. The second-order valence-electron chi connectivity index (χ2n) is 5.84. The fourth-order valence-electron chi connectivity index (χ4n) is 2.43. The number of amides is 2. The van der Waals surface area contributed by atoms with Crippen LogP contribution in [-0.4, -0.2) is 30.4 Å². The number of nitrogens with two attached hydrogens (primary N) is 1. The molecule has 0 spiro atoms. The van der Waals surface area contributed by atoms with Crippen molar-refractivity contribution in [3.05, 3.63) is 0 Å². The monoisotopic (exact) mass is 285 g/mol. The molecule has 1 atom stereocenters. The second-order valence-corrected chi connectivity index (χ2v) is 5.84. The average molecular weight is 285 g/mol. The molecule has 0 bridgehead atoms. The molecule has 0 aliphatic rings. The Morgan fingerprint density at radius 1 is 1.05 bits per heavy atom. The molecule has 0 aromatic carbocycles. The van der Waals surface area contributed by atoms with Crippen LogP contribution in [0.4, 0.5) is 0 Å². The molecule has 0 aromatic heterocycles. The first-order valence-corrected chi connectivity index (χ1v) is 7.64. The van der Waals surface area contributed by atoms with Gasteiger partial charge in [-0.15, -0.1) is 0 Å². The van der Waals surface area contributed by atoms with E-state index >= 15 is 0 Å². The van der Waals surface area contributed by atoms with Crippen LogP contribution in [0.25, 0.3) is 0 Å². The Morgan fingerprint density at radius 3 is 1.90 bits per heavy atom. The van der Waals surface area contributed by atoms with E-state index in [1.165, 1.54) is 0 Å². The van der Waals surface area contributed by atoms with Gasteiger partial charge in [0, 0.05) is 12.6 Å². The maximum Gasteiger partial charge on any atom is 0.242 e. The molecular weight excluding hydrogens is 254 g/mol. The van der Waals surface area contributed by atoms with E-state index in [1.54, 1.807) is 6.92 Å². The highest BCUT2D eigenvalue weighted by Crippen LogP contribution is 2.29. The van der Waals surface area contributed by atoms with E-state index < -0.39 is 11.5 Å². The molecule has 118 valence electrons. The van der Waals surface area contributed by atoms with Gasteiger partial charge in [0.05, 0.1) is 5.41 Å². The van der Waals surface area contributed by atoms with Gasteiger partial charge in [-0.2, -0.15) is 0 Å². The number of carbonyl (C=O) groups is 2. The predicted octanol–water partition coefficient (Wildman–Crippen LogP) is 1.56. The van der Waals surface area contributed by atoms with Gasteiger partial charge in [-0.3, -0.25) is 9.59 Å². The van der Waals surface area contributed by atoms with Crippen LogP contribution < -0.4 is 16.4 Å². The lowest BCUT2D eigenvalue weighted by Gasteiger charge is -2.32. The van der Waals surface area contributed by atoms with Gasteiger partial charge in [0.2, 0.25) is 11.8 Å². The number of rotatable bonds is 9. The number of hydrogen-bond donors (Lipinski definition) is 3. The van der Waals surface area contributed by atoms with Crippen molar-refractivity contribution in [1.82, 2.24) is 10.6 Å². The molecule has 4 N–H and O–H groups in total. The summed E-state index contributed by atoms with van der Waals surface area (Å²) in [4.78, 5) is 24.4. The Labute approximate surface area is 123 Å². The van der Waals surface area contributed by atoms with Crippen molar-refractivity contribution in [2.24, 2.45) is 11.1 Å². The molecule has 0 fully saturated rings. The minimum atomic E-state index is -0.546. The molecule has 0 rings (SSSR count). The molecule has 0 aromatic rings. The van der Waals surface area contributed by atoms with Crippen LogP contribution in [-0.2, 0) is 9.59 Å². The Balaban J connectivity index is 4.78. The minimum absolute atomic E-state index is 0.0624. The lowest BCUT2D eigenvalue weighted by molar-refractivity contribution is -0.135. The van der Waals surface area contributed by atoms with Crippen LogP contribution in [0.5, 0.6) is 0 Å². The number of nitrogens with one attached hydrogen (secondary N) is 2. The Bertz CT molecular complexity index is 310. The van der Waals surface area contributed by atoms with Gasteiger partial charge < -0.3 is 16.4 Å². The molecule has 0 saturated carbocycles. The van der Waals surface area contributed by atoms with E-state index in [-0.39, 0.29) is 17.9 Å². The Kier molecular flexibility index (Phi) is 8.46. The maximum absolute atomic E-state index is 12.5. The third kappa shape index (κ3) is 5.49. The summed E-state index contributed by atoms with van der Waals surface area (Å²) < 4.78 is 0. The van der Waals surface area contributed by atoms with Gasteiger partial charge in [0.1, 0.15) is 6.04 Å². The zero-order chi connectivity index (χ0) is 15.8. The quantitative estimate of drug-likeness (QED) is 0.601. The Morgan fingerprint density at radius 2 is 1.55 bits per heavy atom. The van der Waals surface area contributed by atoms with Crippen molar-refractivity contribution in [2.45, 2.75) is 72.4 Å². The molecule has 0 aliphatic carbocycles. The summed E-state index contributed by atoms with van der Waals surface area (Å²) in [5.41, 5.74) is 5.31. The van der Waals surface area contributed by atoms with Crippen molar-refractivity contribution in [2.75, 3.05) is 6.54 Å². The van der Waals surface area contributed by atoms with Gasteiger partial charge in [-0.05, 0) is 33.6 Å². The first kappa shape index (κ1) is 18.9. The third-order valence-corrected chi connectivity index (χ3v) is 3.50. The van der Waals surface area contributed by atoms with Gasteiger partial charge in [0.15, 0.2) is 0 Å². The summed E-state index contributed by atoms with van der Waals surface area (Å²) in [5, 5.41) is 5.61. The molecule has 0 radical (unpaired) electrons. The molecule has 2 amide bonds. The largest absolute Gasteiger partial charge is 0.352 e. The van der Waals surface area contributed by atoms with Crippen molar-refractivity contribution < 1.29 is 9.59 Å². The number of hydrogen-bond acceptors (Lipinski definition) is 3. The molecule has 5 heteroatoms. The normalized spacial score (nSPS) is 13.2. The van der Waals surface area contributed by atoms with Gasteiger partial charge in [-0.25, -0.2) is 0 Å². The average Bonchev–Trinajstić information content (AvgIpc) is 2.37. The summed E-state index contributed by atoms with van der Waals surface area (Å²) in [6.07, 6.45) is 3.30. The van der Waals surface area contributed by atoms with E-state index in [0.717, 1.165) is 25.7 Å². The van der Waals surface area contributed by atoms with Crippen molar-refractivity contribution in [1.29, 1.82) is 0 Å². The maximum atomic E-state index is 12.5. The first-order valence-electron chi connectivity index (χ1n) is 7.64. The lowest BCUT2D eigenvalue weighted by Crippen LogP contribution is -2.53. The van der Waals surface area contributed by atoms with Crippen molar-refractivity contribution >= 4 is 11.8 Å². The third-order valence-electron chi connectivity index (χ3n) is 3.50. The van der Waals surface area contributed by atoms with Crippen LogP contribution in [0.2, 0.25) is 0 Å². The summed E-state index contributed by atoms with van der Waals surface area (Å²) in [5.74, 6) is -0.262. The van der Waals surface area contributed by atoms with Crippen molar-refractivity contribution in [3.8, 4) is 0 Å². The van der Waals surface area contributed by atoms with E-state index in [9.17, 15) is 9.59 Å². The highest BCUT2D eigenvalue weighted by Gasteiger charge is 2.36. The zero-order valence-electron chi connectivity index (χ0n) is 13.6. The van der Waals surface area contributed by atoms with Crippen LogP contribution in [0, 0.1) is 5.41 Å². The Hall–Kier alpha value is -1.10. The molecule has 0 heterocycles. The summed E-state index contributed by atoms with van der Waals surface area (Å²) >= 11 is 0. The first-order chi connectivity index (χ1) is 9.32. The fraction of sp³-hybridized carbons (Fsp3) is 0.867. The molecule has 1 unspecified atom stereocenters. The van der Waals surface area contributed by atoms with E-state index in [1.807, 2.05) is 27.7 Å². The predicted molar refractivity (Wildman–Crippen MR) is 82.2 cm³/mol. The summed E-state index contributed by atoms with van der Waals surface area (Å²) in [7, 11) is 0. The van der Waals surface area contributed by atoms with Crippen LogP contribution in [0.1, 0.15) is 60.3 Å². The van der Waals surface area contributed by atoms with Gasteiger partial charge in [0.25, 0.3) is 0 Å². The summed E-state index contributed by atoms with van der Waals surface area (Å²) in [6, 6.07) is -0.475. The van der Waals surface area contributed by atoms with E-state index in [2.05, 4.69) is 10.6 Å². The number of carbonyl (C=O) groups excluding carboxylic acids is 2. The van der Waals surface area contributed by atoms with E-state index in [0.29, 0.717) is 6.54 Å². The fourth-order valence-corrected chi connectivity index (χ4v) is 2.43. The standard InChI is InChI=1S/C15H31N3O2/c1-6-8-15(10-16,9-7-2)14(20)18-12(5)13(19)17-11(3)4/h11-12H,6-10,16H2,1-5H3,(H,17,19)(H,18,20). The van der Waals surface area contributed by atoms with Gasteiger partial charge >= 0.3 is 0 Å². The van der Waals surface area contributed by atoms with Crippen LogP contribution in [0.15, 0.2) is 0 Å². The van der Waals surface area contributed by atoms with Gasteiger partial charge in [-0.1, -0.05) is 26.7 Å². The zero-order valence-corrected chi connectivity index (χ0v) is 13.6. The lowest BCUT2D eigenvalue weighted by atomic mass is 9.78.